The number of hydrogen-bond donors (Lipinski definition) is 2. The van der Waals surface area contributed by atoms with Gasteiger partial charge in [-0.25, -0.2) is 4.39 Å². The van der Waals surface area contributed by atoms with Gasteiger partial charge in [0.15, 0.2) is 5.96 Å². The third-order valence-corrected chi connectivity index (χ3v) is 3.44. The number of hydrogen-bond acceptors (Lipinski definition) is 4. The second kappa shape index (κ2) is 18.2. The highest BCUT2D eigenvalue weighted by molar-refractivity contribution is 14.0. The number of unbranched alkanes of at least 4 members (excludes halogenated alkanes) is 1. The van der Waals surface area contributed by atoms with Crippen LogP contribution >= 0.6 is 24.0 Å². The Morgan fingerprint density at radius 1 is 1.00 bits per heavy atom. The monoisotopic (exact) mass is 497 g/mol. The summed E-state index contributed by atoms with van der Waals surface area (Å²) in [5, 5.41) is 6.54. The molecule has 156 valence electrons. The van der Waals surface area contributed by atoms with Crippen LogP contribution in [0.5, 0.6) is 5.75 Å². The Morgan fingerprint density at radius 3 is 2.48 bits per heavy atom. The van der Waals surface area contributed by atoms with Crippen molar-refractivity contribution in [3.8, 4) is 5.75 Å². The van der Waals surface area contributed by atoms with Crippen LogP contribution in [0.4, 0.5) is 4.39 Å². The van der Waals surface area contributed by atoms with E-state index in [0.717, 1.165) is 44.9 Å². The minimum Gasteiger partial charge on any atom is -0.494 e. The Bertz CT molecular complexity index is 490. The lowest BCUT2D eigenvalue weighted by molar-refractivity contribution is 0.0702. The second-order valence-corrected chi connectivity index (χ2v) is 5.66. The van der Waals surface area contributed by atoms with Crippen LogP contribution < -0.4 is 15.4 Å². The van der Waals surface area contributed by atoms with Crippen molar-refractivity contribution in [2.45, 2.75) is 26.2 Å². The molecule has 0 radical (unpaired) electrons. The first-order chi connectivity index (χ1) is 12.8. The fraction of sp³-hybridized carbons (Fsp3) is 0.632. The van der Waals surface area contributed by atoms with Crippen molar-refractivity contribution in [1.82, 2.24) is 10.6 Å². The molecule has 8 heteroatoms. The summed E-state index contributed by atoms with van der Waals surface area (Å²) >= 11 is 0. The van der Waals surface area contributed by atoms with E-state index in [1.165, 1.54) is 12.1 Å². The van der Waals surface area contributed by atoms with Crippen molar-refractivity contribution in [2.24, 2.45) is 4.99 Å². The number of nitrogens with one attached hydrogen (secondary N) is 2. The van der Waals surface area contributed by atoms with Crippen molar-refractivity contribution < 1.29 is 18.6 Å². The molecular weight excluding hydrogens is 464 g/mol. The fourth-order valence-electron chi connectivity index (χ4n) is 2.10. The topological polar surface area (TPSA) is 64.1 Å². The standard InChI is InChI=1S/C19H32FN3O3.HI/c1-3-21-19(23-12-6-13-25-16-15-24-2)22-11-4-5-14-26-18-9-7-17(20)8-10-18;/h7-10H,3-6,11-16H2,1-2H3,(H2,21,22,23);1H. The van der Waals surface area contributed by atoms with Gasteiger partial charge in [-0.15, -0.1) is 24.0 Å². The molecular formula is C19H33FIN3O3. The quantitative estimate of drug-likeness (QED) is 0.179. The molecule has 0 heterocycles. The van der Waals surface area contributed by atoms with E-state index in [0.29, 0.717) is 32.2 Å². The maximum Gasteiger partial charge on any atom is 0.191 e. The molecule has 0 aliphatic carbocycles. The smallest absolute Gasteiger partial charge is 0.191 e. The predicted octanol–water partition coefficient (Wildman–Crippen LogP) is 3.21. The number of aliphatic imine (C=N–C) groups is 1. The summed E-state index contributed by atoms with van der Waals surface area (Å²) in [5.41, 5.74) is 0. The van der Waals surface area contributed by atoms with Gasteiger partial charge in [0.1, 0.15) is 11.6 Å². The number of ether oxygens (including phenoxy) is 3. The van der Waals surface area contributed by atoms with Crippen LogP contribution in [0.25, 0.3) is 0 Å². The van der Waals surface area contributed by atoms with Gasteiger partial charge in [0.05, 0.1) is 19.8 Å². The molecule has 0 saturated carbocycles. The average Bonchev–Trinajstić information content (AvgIpc) is 2.65. The molecule has 0 atom stereocenters. The molecule has 0 aliphatic rings. The molecule has 0 aliphatic heterocycles. The Labute approximate surface area is 179 Å². The zero-order valence-electron chi connectivity index (χ0n) is 16.3. The summed E-state index contributed by atoms with van der Waals surface area (Å²) in [5.74, 6) is 1.27. The van der Waals surface area contributed by atoms with E-state index in [4.69, 9.17) is 14.2 Å². The average molecular weight is 497 g/mol. The maximum atomic E-state index is 12.8. The van der Waals surface area contributed by atoms with Gasteiger partial charge in [-0.1, -0.05) is 0 Å². The van der Waals surface area contributed by atoms with E-state index >= 15 is 0 Å². The highest BCUT2D eigenvalue weighted by Gasteiger charge is 1.98. The third kappa shape index (κ3) is 14.6. The summed E-state index contributed by atoms with van der Waals surface area (Å²) in [7, 11) is 1.66. The molecule has 0 unspecified atom stereocenters. The lowest BCUT2D eigenvalue weighted by Gasteiger charge is -2.11. The van der Waals surface area contributed by atoms with Gasteiger partial charge in [-0.05, 0) is 50.5 Å². The van der Waals surface area contributed by atoms with Gasteiger partial charge in [-0.2, -0.15) is 0 Å². The molecule has 0 bridgehead atoms. The molecule has 0 amide bonds. The molecule has 1 aromatic carbocycles. The van der Waals surface area contributed by atoms with E-state index < -0.39 is 0 Å². The molecule has 1 rings (SSSR count). The van der Waals surface area contributed by atoms with Crippen molar-refractivity contribution in [3.05, 3.63) is 30.1 Å². The summed E-state index contributed by atoms with van der Waals surface area (Å²) < 4.78 is 28.7. The van der Waals surface area contributed by atoms with Crippen molar-refractivity contribution in [3.63, 3.8) is 0 Å². The Hall–Kier alpha value is -1.13. The van der Waals surface area contributed by atoms with E-state index in [1.807, 2.05) is 6.92 Å². The van der Waals surface area contributed by atoms with Crippen LogP contribution in [0.15, 0.2) is 29.3 Å². The first kappa shape index (κ1) is 25.9. The summed E-state index contributed by atoms with van der Waals surface area (Å²) in [4.78, 5) is 4.52. The Kier molecular flexibility index (Phi) is 17.5. The number of halogens is 2. The number of nitrogens with zero attached hydrogens (tertiary/aromatic N) is 1. The van der Waals surface area contributed by atoms with Crippen molar-refractivity contribution in [2.75, 3.05) is 53.2 Å². The molecule has 0 saturated heterocycles. The Morgan fingerprint density at radius 2 is 1.78 bits per heavy atom. The highest BCUT2D eigenvalue weighted by Crippen LogP contribution is 2.11. The van der Waals surface area contributed by atoms with Crippen LogP contribution in [-0.4, -0.2) is 59.1 Å². The zero-order valence-corrected chi connectivity index (χ0v) is 18.7. The van der Waals surface area contributed by atoms with Crippen LogP contribution in [0.3, 0.4) is 0 Å². The predicted molar refractivity (Wildman–Crippen MR) is 118 cm³/mol. The first-order valence-electron chi connectivity index (χ1n) is 9.23. The van der Waals surface area contributed by atoms with Gasteiger partial charge in [0.2, 0.25) is 0 Å². The SMILES string of the molecule is CCNC(=NCCCOCCOC)NCCCCOc1ccc(F)cc1.I. The summed E-state index contributed by atoms with van der Waals surface area (Å²) in [6, 6.07) is 6.09. The van der Waals surface area contributed by atoms with Gasteiger partial charge in [0, 0.05) is 33.4 Å². The zero-order chi connectivity index (χ0) is 18.9. The molecule has 0 aromatic heterocycles. The molecule has 6 nitrogen and oxygen atoms in total. The largest absolute Gasteiger partial charge is 0.494 e. The molecule has 0 spiro atoms. The summed E-state index contributed by atoms with van der Waals surface area (Å²) in [6.07, 6.45) is 2.76. The minimum absolute atomic E-state index is 0. The fourth-order valence-corrected chi connectivity index (χ4v) is 2.10. The lowest BCUT2D eigenvalue weighted by Crippen LogP contribution is -2.38. The normalized spacial score (nSPS) is 11.0. The molecule has 2 N–H and O–H groups in total. The molecule has 1 aromatic rings. The number of guanidine groups is 1. The number of rotatable bonds is 14. The minimum atomic E-state index is -0.252. The van der Waals surface area contributed by atoms with Gasteiger partial charge < -0.3 is 24.8 Å². The van der Waals surface area contributed by atoms with E-state index in [-0.39, 0.29) is 29.8 Å². The van der Waals surface area contributed by atoms with E-state index in [2.05, 4.69) is 15.6 Å². The number of methoxy groups -OCH3 is 1. The lowest BCUT2D eigenvalue weighted by atomic mass is 10.3. The third-order valence-electron chi connectivity index (χ3n) is 3.44. The van der Waals surface area contributed by atoms with E-state index in [9.17, 15) is 4.39 Å². The Balaban J connectivity index is 0.00000676. The van der Waals surface area contributed by atoms with Crippen LogP contribution in [0, 0.1) is 5.82 Å². The second-order valence-electron chi connectivity index (χ2n) is 5.66. The van der Waals surface area contributed by atoms with E-state index in [1.54, 1.807) is 19.2 Å². The number of benzene rings is 1. The van der Waals surface area contributed by atoms with Crippen LogP contribution in [0.1, 0.15) is 26.2 Å². The van der Waals surface area contributed by atoms with Gasteiger partial charge in [0.25, 0.3) is 0 Å². The molecule has 0 fully saturated rings. The summed E-state index contributed by atoms with van der Waals surface area (Å²) in [6.45, 7) is 6.95. The first-order valence-corrected chi connectivity index (χ1v) is 9.23. The van der Waals surface area contributed by atoms with Crippen LogP contribution in [0.2, 0.25) is 0 Å². The molecule has 27 heavy (non-hydrogen) atoms. The van der Waals surface area contributed by atoms with Crippen molar-refractivity contribution >= 4 is 29.9 Å². The van der Waals surface area contributed by atoms with Crippen molar-refractivity contribution in [1.29, 1.82) is 0 Å². The maximum absolute atomic E-state index is 12.8. The van der Waals surface area contributed by atoms with Crippen LogP contribution in [-0.2, 0) is 9.47 Å². The van der Waals surface area contributed by atoms with Gasteiger partial charge >= 0.3 is 0 Å². The van der Waals surface area contributed by atoms with Gasteiger partial charge in [-0.3, -0.25) is 4.99 Å². The highest BCUT2D eigenvalue weighted by atomic mass is 127.